The van der Waals surface area contributed by atoms with E-state index >= 15 is 0 Å². The van der Waals surface area contributed by atoms with Crippen molar-refractivity contribution in [3.05, 3.63) is 51.8 Å². The number of esters is 1. The molecular formula is C16H17NO3S. The number of rotatable bonds is 5. The molecule has 0 saturated heterocycles. The second-order valence-corrected chi connectivity index (χ2v) is 4.92. The van der Waals surface area contributed by atoms with Crippen molar-refractivity contribution >= 4 is 35.6 Å². The Bertz CT molecular complexity index is 734. The third-order valence-corrected chi connectivity index (χ3v) is 3.26. The molecule has 2 aromatic rings. The smallest absolute Gasteiger partial charge is 0.343 e. The fourth-order valence-corrected chi connectivity index (χ4v) is 2.14. The summed E-state index contributed by atoms with van der Waals surface area (Å²) in [6.45, 7) is 1.94. The average Bonchev–Trinajstić information content (AvgIpc) is 2.48. The minimum Gasteiger partial charge on any atom is -0.462 e. The van der Waals surface area contributed by atoms with Gasteiger partial charge in [-0.15, -0.1) is 0 Å². The van der Waals surface area contributed by atoms with Crippen LogP contribution in [0.1, 0.15) is 29.3 Å². The second kappa shape index (κ2) is 7.13. The number of aromatic nitrogens is 1. The Morgan fingerprint density at radius 3 is 2.95 bits per heavy atom. The zero-order valence-corrected chi connectivity index (χ0v) is 12.7. The van der Waals surface area contributed by atoms with Gasteiger partial charge in [0.25, 0.3) is 0 Å². The number of fused-ring (bicyclic) bond motifs is 1. The second-order valence-electron chi connectivity index (χ2n) is 4.47. The maximum atomic E-state index is 12.4. The van der Waals surface area contributed by atoms with E-state index in [-0.39, 0.29) is 17.6 Å². The van der Waals surface area contributed by atoms with Crippen LogP contribution < -0.4 is 5.43 Å². The summed E-state index contributed by atoms with van der Waals surface area (Å²) in [6, 6.07) is 5.51. The van der Waals surface area contributed by atoms with E-state index in [1.165, 1.54) is 6.20 Å². The van der Waals surface area contributed by atoms with Crippen LogP contribution in [0.4, 0.5) is 0 Å². The third kappa shape index (κ3) is 3.55. The highest BCUT2D eigenvalue weighted by Gasteiger charge is 2.13. The fourth-order valence-electron chi connectivity index (χ4n) is 1.99. The van der Waals surface area contributed by atoms with E-state index in [1.54, 1.807) is 13.0 Å². The van der Waals surface area contributed by atoms with Crippen LogP contribution in [-0.2, 0) is 4.74 Å². The largest absolute Gasteiger partial charge is 0.462 e. The van der Waals surface area contributed by atoms with Crippen LogP contribution in [0.2, 0.25) is 0 Å². The van der Waals surface area contributed by atoms with Gasteiger partial charge in [-0.2, -0.15) is 12.6 Å². The Hall–Kier alpha value is -2.01. The normalized spacial score (nSPS) is 11.1. The van der Waals surface area contributed by atoms with Crippen molar-refractivity contribution in [3.63, 3.8) is 0 Å². The van der Waals surface area contributed by atoms with Crippen molar-refractivity contribution in [1.29, 1.82) is 0 Å². The van der Waals surface area contributed by atoms with Gasteiger partial charge in [0.05, 0.1) is 6.61 Å². The van der Waals surface area contributed by atoms with Gasteiger partial charge in [-0.3, -0.25) is 4.79 Å². The van der Waals surface area contributed by atoms with Crippen molar-refractivity contribution in [2.45, 2.75) is 13.3 Å². The van der Waals surface area contributed by atoms with Gasteiger partial charge in [-0.25, -0.2) is 4.79 Å². The zero-order chi connectivity index (χ0) is 15.2. The molecule has 0 saturated carbocycles. The maximum absolute atomic E-state index is 12.4. The molecule has 1 aromatic heterocycles. The number of H-pyrrole nitrogens is 1. The van der Waals surface area contributed by atoms with Gasteiger partial charge in [0.1, 0.15) is 5.56 Å². The highest BCUT2D eigenvalue weighted by atomic mass is 32.1. The first-order valence-corrected chi connectivity index (χ1v) is 7.40. The number of hydrogen-bond donors (Lipinski definition) is 2. The number of carbonyl (C=O) groups is 1. The summed E-state index contributed by atoms with van der Waals surface area (Å²) in [6.07, 6.45) is 6.20. The van der Waals surface area contributed by atoms with E-state index in [0.29, 0.717) is 10.9 Å². The Balaban J connectivity index is 2.47. The van der Waals surface area contributed by atoms with Crippen molar-refractivity contribution < 1.29 is 9.53 Å². The molecule has 0 fully saturated rings. The molecule has 110 valence electrons. The van der Waals surface area contributed by atoms with Crippen LogP contribution in [0, 0.1) is 0 Å². The van der Waals surface area contributed by atoms with Gasteiger partial charge < -0.3 is 9.72 Å². The lowest BCUT2D eigenvalue weighted by molar-refractivity contribution is 0.0524. The Kier molecular flexibility index (Phi) is 5.22. The lowest BCUT2D eigenvalue weighted by Gasteiger charge is -2.04. The van der Waals surface area contributed by atoms with Gasteiger partial charge in [0.15, 0.2) is 0 Å². The molecule has 1 N–H and O–H groups in total. The minimum absolute atomic E-state index is 0.0286. The zero-order valence-electron chi connectivity index (χ0n) is 11.8. The first-order chi connectivity index (χ1) is 10.2. The monoisotopic (exact) mass is 303 g/mol. The summed E-state index contributed by atoms with van der Waals surface area (Å²) in [7, 11) is 0. The van der Waals surface area contributed by atoms with Crippen molar-refractivity contribution in [3.8, 4) is 0 Å². The molecule has 5 heteroatoms. The van der Waals surface area contributed by atoms with E-state index < -0.39 is 5.97 Å². The van der Waals surface area contributed by atoms with Crippen LogP contribution in [0.3, 0.4) is 0 Å². The summed E-state index contributed by atoms with van der Waals surface area (Å²) in [5, 5.41) is 0.480. The first kappa shape index (κ1) is 15.4. The summed E-state index contributed by atoms with van der Waals surface area (Å²) in [5.74, 6) is 0.175. The molecule has 0 atom stereocenters. The van der Waals surface area contributed by atoms with E-state index in [4.69, 9.17) is 4.74 Å². The highest BCUT2D eigenvalue weighted by Crippen LogP contribution is 2.13. The molecule has 0 spiro atoms. The number of nitrogens with one attached hydrogen (secondary N) is 1. The van der Waals surface area contributed by atoms with Gasteiger partial charge in [-0.05, 0) is 36.8 Å². The molecule has 0 unspecified atom stereocenters. The van der Waals surface area contributed by atoms with Crippen LogP contribution in [0.5, 0.6) is 0 Å². The Labute approximate surface area is 128 Å². The topological polar surface area (TPSA) is 59.2 Å². The highest BCUT2D eigenvalue weighted by molar-refractivity contribution is 7.80. The number of allylic oxidation sites excluding steroid dienone is 1. The minimum atomic E-state index is -0.600. The van der Waals surface area contributed by atoms with E-state index in [0.717, 1.165) is 17.7 Å². The quantitative estimate of drug-likeness (QED) is 0.659. The van der Waals surface area contributed by atoms with Crippen LogP contribution in [0.25, 0.3) is 17.0 Å². The fraction of sp³-hybridized carbons (Fsp3) is 0.250. The SMILES string of the molecule is CCOC(=O)c1c[nH]c2ccc(C=CCCS)cc2c1=O. The predicted octanol–water partition coefficient (Wildman–Crippen LogP) is 3.04. The summed E-state index contributed by atoms with van der Waals surface area (Å²) in [4.78, 5) is 27.1. The predicted molar refractivity (Wildman–Crippen MR) is 88.0 cm³/mol. The Morgan fingerprint density at radius 2 is 2.24 bits per heavy atom. The lowest BCUT2D eigenvalue weighted by Crippen LogP contribution is -2.18. The van der Waals surface area contributed by atoms with Crippen molar-refractivity contribution in [2.75, 3.05) is 12.4 Å². The maximum Gasteiger partial charge on any atom is 0.343 e. The molecular weight excluding hydrogens is 286 g/mol. The number of hydrogen-bond acceptors (Lipinski definition) is 4. The van der Waals surface area contributed by atoms with Crippen LogP contribution in [-0.4, -0.2) is 23.3 Å². The van der Waals surface area contributed by atoms with Gasteiger partial charge in [0, 0.05) is 17.1 Å². The standard InChI is InChI=1S/C16H17NO3S/c1-2-20-16(19)13-10-17-14-7-6-11(5-3-4-8-21)9-12(14)15(13)18/h3,5-7,9-10,21H,2,4,8H2,1H3,(H,17,18). The van der Waals surface area contributed by atoms with Gasteiger partial charge >= 0.3 is 5.97 Å². The molecule has 0 bridgehead atoms. The molecule has 21 heavy (non-hydrogen) atoms. The summed E-state index contributed by atoms with van der Waals surface area (Å²) in [5.41, 5.74) is 1.32. The molecule has 2 rings (SSSR count). The van der Waals surface area contributed by atoms with Crippen molar-refractivity contribution in [2.24, 2.45) is 0 Å². The average molecular weight is 303 g/mol. The Morgan fingerprint density at radius 1 is 1.43 bits per heavy atom. The van der Waals surface area contributed by atoms with Crippen LogP contribution in [0.15, 0.2) is 35.3 Å². The molecule has 0 aliphatic rings. The van der Waals surface area contributed by atoms with Gasteiger partial charge in [0.2, 0.25) is 5.43 Å². The number of benzene rings is 1. The molecule has 1 aromatic carbocycles. The summed E-state index contributed by atoms with van der Waals surface area (Å²) >= 11 is 4.14. The van der Waals surface area contributed by atoms with E-state index in [1.807, 2.05) is 24.3 Å². The van der Waals surface area contributed by atoms with Crippen LogP contribution >= 0.6 is 12.6 Å². The molecule has 0 aliphatic heterocycles. The number of carbonyl (C=O) groups excluding carboxylic acids is 1. The molecule has 0 aliphatic carbocycles. The first-order valence-electron chi connectivity index (χ1n) is 6.77. The molecule has 0 amide bonds. The van der Waals surface area contributed by atoms with E-state index in [2.05, 4.69) is 17.6 Å². The summed E-state index contributed by atoms with van der Waals surface area (Å²) < 4.78 is 4.89. The molecule has 1 heterocycles. The molecule has 0 radical (unpaired) electrons. The molecule has 4 nitrogen and oxygen atoms in total. The number of ether oxygens (including phenoxy) is 1. The van der Waals surface area contributed by atoms with Gasteiger partial charge in [-0.1, -0.05) is 18.2 Å². The lowest BCUT2D eigenvalue weighted by atomic mass is 10.1. The number of aromatic amines is 1. The number of pyridine rings is 1. The van der Waals surface area contributed by atoms with Crippen molar-refractivity contribution in [1.82, 2.24) is 4.98 Å². The van der Waals surface area contributed by atoms with E-state index in [9.17, 15) is 9.59 Å². The third-order valence-electron chi connectivity index (χ3n) is 3.01. The number of thiol groups is 1.